The van der Waals surface area contributed by atoms with Crippen molar-refractivity contribution in [2.24, 2.45) is 0 Å². The number of hydrogen-bond acceptors (Lipinski definition) is 2. The number of rotatable bonds is 10. The first kappa shape index (κ1) is 26.3. The monoisotopic (exact) mass is 527 g/mol. The van der Waals surface area contributed by atoms with E-state index in [1.807, 2.05) is 42.5 Å². The molecule has 0 fully saturated rings. The summed E-state index contributed by atoms with van der Waals surface area (Å²) in [5.41, 5.74) is 8.39. The van der Waals surface area contributed by atoms with Crippen molar-refractivity contribution in [2.45, 2.75) is 52.7 Å². The molecule has 0 unspecified atom stereocenters. The van der Waals surface area contributed by atoms with E-state index in [-0.39, 0.29) is 6.61 Å². The molecule has 3 aromatic rings. The molecule has 1 aliphatic carbocycles. The minimum Gasteiger partial charge on any atom is -0.392 e. The smallest absolute Gasteiger partial charge is 0.0688 e. The van der Waals surface area contributed by atoms with E-state index in [1.165, 1.54) is 0 Å². The average Bonchev–Trinajstić information content (AvgIpc) is 3.16. The van der Waals surface area contributed by atoms with Gasteiger partial charge in [-0.05, 0) is 107 Å². The first-order valence-corrected chi connectivity index (χ1v) is 13.6. The van der Waals surface area contributed by atoms with E-state index >= 15 is 0 Å². The van der Waals surface area contributed by atoms with Crippen LogP contribution in [-0.2, 0) is 13.2 Å². The van der Waals surface area contributed by atoms with Gasteiger partial charge in [0.1, 0.15) is 0 Å². The predicted octanol–water partition coefficient (Wildman–Crippen LogP) is 9.11. The lowest BCUT2D eigenvalue weighted by molar-refractivity contribution is 0.257. The van der Waals surface area contributed by atoms with Crippen LogP contribution in [0.3, 0.4) is 0 Å². The van der Waals surface area contributed by atoms with Gasteiger partial charge in [-0.25, -0.2) is 0 Å². The molecule has 0 heterocycles. The summed E-state index contributed by atoms with van der Waals surface area (Å²) in [6, 6.07) is 15.8. The van der Waals surface area contributed by atoms with Crippen molar-refractivity contribution in [3.63, 3.8) is 0 Å². The molecule has 2 nitrogen and oxygen atoms in total. The second kappa shape index (κ2) is 12.0. The Morgan fingerprint density at radius 1 is 0.800 bits per heavy atom. The molecule has 0 bridgehead atoms. The van der Waals surface area contributed by atoms with Crippen LogP contribution in [0, 0.1) is 0 Å². The third kappa shape index (κ3) is 5.79. The molecule has 0 aromatic heterocycles. The quantitative estimate of drug-likeness (QED) is 0.222. The Bertz CT molecular complexity index is 1210. The first-order chi connectivity index (χ1) is 17.0. The Morgan fingerprint density at radius 2 is 1.46 bits per heavy atom. The predicted molar refractivity (Wildman–Crippen MR) is 151 cm³/mol. The maximum absolute atomic E-state index is 10.3. The van der Waals surface area contributed by atoms with Gasteiger partial charge in [0.15, 0.2) is 0 Å². The highest BCUT2D eigenvalue weighted by atomic mass is 35.5. The van der Waals surface area contributed by atoms with Crippen LogP contribution in [-0.4, -0.2) is 23.1 Å². The van der Waals surface area contributed by atoms with Crippen LogP contribution in [0.25, 0.3) is 22.8 Å². The van der Waals surface area contributed by atoms with Crippen molar-refractivity contribution in [1.29, 1.82) is 0 Å². The minimum atomic E-state index is -0.0754. The second-order valence-corrected chi connectivity index (χ2v) is 10.5. The van der Waals surface area contributed by atoms with Gasteiger partial charge in [-0.2, -0.15) is 0 Å². The number of aliphatic hydroxyl groups is 1. The highest BCUT2D eigenvalue weighted by Crippen LogP contribution is 2.51. The van der Waals surface area contributed by atoms with Crippen LogP contribution in [0.4, 0.5) is 0 Å². The van der Waals surface area contributed by atoms with Crippen LogP contribution in [0.2, 0.25) is 15.1 Å². The van der Waals surface area contributed by atoms with Crippen molar-refractivity contribution in [3.05, 3.63) is 91.4 Å². The van der Waals surface area contributed by atoms with Gasteiger partial charge in [0.05, 0.1) is 6.61 Å². The lowest BCUT2D eigenvalue weighted by atomic mass is 9.93. The molecule has 3 aromatic carbocycles. The maximum Gasteiger partial charge on any atom is 0.0688 e. The Kier molecular flexibility index (Phi) is 8.97. The summed E-state index contributed by atoms with van der Waals surface area (Å²) in [7, 11) is 0. The number of fused-ring (bicyclic) bond motifs is 3. The number of halogens is 3. The SMILES string of the molecule is CCCCN(CCCC)Cc1c(Cl)cc(CO)c2c1/C(=C\c1ccc(Cl)cc1)c1cc(Cl)ccc1-2. The van der Waals surface area contributed by atoms with Gasteiger partial charge < -0.3 is 5.11 Å². The fourth-order valence-electron chi connectivity index (χ4n) is 4.85. The van der Waals surface area contributed by atoms with Gasteiger partial charge in [0, 0.05) is 21.6 Å². The zero-order chi connectivity index (χ0) is 24.9. The number of hydrogen-bond donors (Lipinski definition) is 1. The molecule has 0 saturated heterocycles. The van der Waals surface area contributed by atoms with Crippen molar-refractivity contribution in [1.82, 2.24) is 4.90 Å². The Labute approximate surface area is 224 Å². The number of nitrogens with zero attached hydrogens (tertiary/aromatic N) is 1. The number of unbranched alkanes of at least 4 members (excludes halogenated alkanes) is 2. The summed E-state index contributed by atoms with van der Waals surface area (Å²) >= 11 is 19.6. The molecule has 0 spiro atoms. The van der Waals surface area contributed by atoms with Crippen LogP contribution < -0.4 is 0 Å². The fraction of sp³-hybridized carbons (Fsp3) is 0.333. The minimum absolute atomic E-state index is 0.0754. The molecule has 0 amide bonds. The third-order valence-electron chi connectivity index (χ3n) is 6.66. The first-order valence-electron chi connectivity index (χ1n) is 12.4. The summed E-state index contributed by atoms with van der Waals surface area (Å²) in [5, 5.41) is 12.4. The van der Waals surface area contributed by atoms with Gasteiger partial charge in [0.25, 0.3) is 0 Å². The largest absolute Gasteiger partial charge is 0.392 e. The van der Waals surface area contributed by atoms with Gasteiger partial charge in [-0.1, -0.05) is 79.7 Å². The second-order valence-electron chi connectivity index (χ2n) is 9.19. The Hall–Kier alpha value is -1.81. The molecular formula is C30H32Cl3NO. The maximum atomic E-state index is 10.3. The molecule has 1 aliphatic rings. The number of benzene rings is 3. The zero-order valence-electron chi connectivity index (χ0n) is 20.4. The summed E-state index contributed by atoms with van der Waals surface area (Å²) in [6.07, 6.45) is 6.80. The van der Waals surface area contributed by atoms with E-state index in [0.29, 0.717) is 15.1 Å². The summed E-state index contributed by atoms with van der Waals surface area (Å²) in [4.78, 5) is 2.52. The normalized spacial score (nSPS) is 13.5. The van der Waals surface area contributed by atoms with Crippen LogP contribution >= 0.6 is 34.8 Å². The van der Waals surface area contributed by atoms with E-state index in [9.17, 15) is 5.11 Å². The Balaban J connectivity index is 1.92. The zero-order valence-corrected chi connectivity index (χ0v) is 22.6. The average molecular weight is 529 g/mol. The molecule has 0 saturated carbocycles. The summed E-state index contributed by atoms with van der Waals surface area (Å²) < 4.78 is 0. The molecule has 0 radical (unpaired) electrons. The van der Waals surface area contributed by atoms with Gasteiger partial charge >= 0.3 is 0 Å². The highest BCUT2D eigenvalue weighted by Gasteiger charge is 2.31. The molecule has 5 heteroatoms. The highest BCUT2D eigenvalue weighted by molar-refractivity contribution is 6.33. The molecular weight excluding hydrogens is 497 g/mol. The molecule has 0 atom stereocenters. The van der Waals surface area contributed by atoms with E-state index < -0.39 is 0 Å². The van der Waals surface area contributed by atoms with Crippen molar-refractivity contribution in [2.75, 3.05) is 13.1 Å². The standard InChI is InChI=1S/C30H32Cl3NO/c1-3-5-13-34(14-6-4-2)18-27-28(33)16-21(19-35)29-24-12-11-23(32)17-25(24)26(30(27)29)15-20-7-9-22(31)10-8-20/h7-12,15-17,35H,3-6,13-14,18-19H2,1-2H3/b26-15-. The van der Waals surface area contributed by atoms with E-state index in [1.54, 1.807) is 0 Å². The van der Waals surface area contributed by atoms with Crippen LogP contribution in [0.1, 0.15) is 67.3 Å². The van der Waals surface area contributed by atoms with Gasteiger partial charge in [0.2, 0.25) is 0 Å². The van der Waals surface area contributed by atoms with E-state index in [2.05, 4.69) is 30.9 Å². The van der Waals surface area contributed by atoms with Crippen LogP contribution in [0.15, 0.2) is 48.5 Å². The Morgan fingerprint density at radius 3 is 2.09 bits per heavy atom. The van der Waals surface area contributed by atoms with Crippen molar-refractivity contribution in [3.8, 4) is 11.1 Å². The van der Waals surface area contributed by atoms with Crippen LogP contribution in [0.5, 0.6) is 0 Å². The summed E-state index contributed by atoms with van der Waals surface area (Å²) in [6.45, 7) is 7.23. The molecule has 35 heavy (non-hydrogen) atoms. The third-order valence-corrected chi connectivity index (χ3v) is 7.49. The molecule has 0 aliphatic heterocycles. The van der Waals surface area contributed by atoms with Gasteiger partial charge in [-0.15, -0.1) is 0 Å². The number of aliphatic hydroxyl groups excluding tert-OH is 1. The fourth-order valence-corrected chi connectivity index (χ4v) is 5.44. The van der Waals surface area contributed by atoms with E-state index in [0.717, 1.165) is 89.8 Å². The van der Waals surface area contributed by atoms with Crippen molar-refractivity contribution >= 4 is 46.5 Å². The topological polar surface area (TPSA) is 23.5 Å². The molecule has 4 rings (SSSR count). The summed E-state index contributed by atoms with van der Waals surface area (Å²) in [5.74, 6) is 0. The van der Waals surface area contributed by atoms with E-state index in [4.69, 9.17) is 34.8 Å². The lowest BCUT2D eigenvalue weighted by Gasteiger charge is -2.25. The molecule has 184 valence electrons. The van der Waals surface area contributed by atoms with Gasteiger partial charge in [-0.3, -0.25) is 4.90 Å². The van der Waals surface area contributed by atoms with Crippen molar-refractivity contribution < 1.29 is 5.11 Å². The molecule has 1 N–H and O–H groups in total. The lowest BCUT2D eigenvalue weighted by Crippen LogP contribution is -2.26.